The lowest BCUT2D eigenvalue weighted by molar-refractivity contribution is 0.0381. The van der Waals surface area contributed by atoms with Gasteiger partial charge in [-0.15, -0.1) is 5.10 Å². The minimum absolute atomic E-state index is 0.144. The standard InChI is InChI=1S/C22H32ClN5O/c1-16(2)21(22-24-25-26-28(22)19-6-3-4-7-19)27(15-20-8-5-13-29-20)14-17-9-11-18(23)12-10-17/h9-12,16,19-21H,3-8,13-15H2,1-2H3/t20-,21-/m0/s1. The van der Waals surface area contributed by atoms with E-state index >= 15 is 0 Å². The van der Waals surface area contributed by atoms with Gasteiger partial charge in [-0.25, -0.2) is 4.68 Å². The largest absolute Gasteiger partial charge is 0.377 e. The lowest BCUT2D eigenvalue weighted by Gasteiger charge is -2.35. The Morgan fingerprint density at radius 3 is 2.55 bits per heavy atom. The summed E-state index contributed by atoms with van der Waals surface area (Å²) < 4.78 is 8.11. The zero-order chi connectivity index (χ0) is 20.2. The van der Waals surface area contributed by atoms with Crippen LogP contribution >= 0.6 is 11.6 Å². The highest BCUT2D eigenvalue weighted by molar-refractivity contribution is 6.30. The zero-order valence-electron chi connectivity index (χ0n) is 17.5. The van der Waals surface area contributed by atoms with Crippen molar-refractivity contribution in [3.8, 4) is 0 Å². The third-order valence-electron chi connectivity index (χ3n) is 6.24. The molecule has 2 aliphatic rings. The second-order valence-corrected chi connectivity index (χ2v) is 9.24. The molecule has 1 aliphatic carbocycles. The fraction of sp³-hybridized carbons (Fsp3) is 0.682. The number of hydrogen-bond donors (Lipinski definition) is 0. The van der Waals surface area contributed by atoms with Gasteiger partial charge < -0.3 is 4.74 Å². The highest BCUT2D eigenvalue weighted by Gasteiger charge is 2.34. The second-order valence-electron chi connectivity index (χ2n) is 8.80. The van der Waals surface area contributed by atoms with Crippen molar-refractivity contribution in [1.29, 1.82) is 0 Å². The van der Waals surface area contributed by atoms with Gasteiger partial charge in [0.05, 0.1) is 18.2 Å². The number of hydrogen-bond acceptors (Lipinski definition) is 5. The summed E-state index contributed by atoms with van der Waals surface area (Å²) in [5, 5.41) is 13.8. The Labute approximate surface area is 178 Å². The van der Waals surface area contributed by atoms with E-state index in [-0.39, 0.29) is 12.1 Å². The van der Waals surface area contributed by atoms with E-state index < -0.39 is 0 Å². The van der Waals surface area contributed by atoms with Crippen molar-refractivity contribution in [2.75, 3.05) is 13.2 Å². The van der Waals surface area contributed by atoms with Crippen LogP contribution in [0.1, 0.15) is 75.8 Å². The van der Waals surface area contributed by atoms with Crippen LogP contribution in [0.4, 0.5) is 0 Å². The number of ether oxygens (including phenoxy) is 1. The van der Waals surface area contributed by atoms with Crippen molar-refractivity contribution in [3.63, 3.8) is 0 Å². The number of tetrazole rings is 1. The fourth-order valence-electron chi connectivity index (χ4n) is 4.84. The van der Waals surface area contributed by atoms with E-state index in [1.165, 1.54) is 31.2 Å². The second kappa shape index (κ2) is 9.54. The van der Waals surface area contributed by atoms with Crippen LogP contribution in [0.15, 0.2) is 24.3 Å². The van der Waals surface area contributed by atoms with Crippen LogP contribution in [0.5, 0.6) is 0 Å². The number of aromatic nitrogens is 4. The maximum Gasteiger partial charge on any atom is 0.168 e. The molecule has 0 amide bonds. The van der Waals surface area contributed by atoms with Gasteiger partial charge in [-0.05, 0) is 59.7 Å². The maximum absolute atomic E-state index is 6.11. The van der Waals surface area contributed by atoms with Crippen LogP contribution in [0.2, 0.25) is 5.02 Å². The molecule has 0 unspecified atom stereocenters. The first-order chi connectivity index (χ1) is 14.1. The quantitative estimate of drug-likeness (QED) is 0.616. The Morgan fingerprint density at radius 2 is 1.90 bits per heavy atom. The summed E-state index contributed by atoms with van der Waals surface area (Å²) >= 11 is 6.11. The van der Waals surface area contributed by atoms with Crippen molar-refractivity contribution in [2.45, 2.75) is 77.1 Å². The van der Waals surface area contributed by atoms with Crippen LogP contribution in [0.3, 0.4) is 0 Å². The maximum atomic E-state index is 6.11. The summed E-state index contributed by atoms with van der Waals surface area (Å²) in [5.74, 6) is 1.38. The first-order valence-electron chi connectivity index (χ1n) is 11.0. The molecule has 2 heterocycles. The van der Waals surface area contributed by atoms with E-state index in [9.17, 15) is 0 Å². The van der Waals surface area contributed by atoms with E-state index in [0.717, 1.165) is 43.4 Å². The van der Waals surface area contributed by atoms with Gasteiger partial charge in [0.1, 0.15) is 0 Å². The Bertz CT molecular complexity index is 766. The van der Waals surface area contributed by atoms with Gasteiger partial charge in [0.15, 0.2) is 5.82 Å². The average molecular weight is 418 g/mol. The molecular formula is C22H32ClN5O. The molecule has 0 radical (unpaired) electrons. The number of halogens is 1. The Balaban J connectivity index is 1.63. The van der Waals surface area contributed by atoms with Gasteiger partial charge in [-0.1, -0.05) is 50.4 Å². The minimum Gasteiger partial charge on any atom is -0.377 e. The Hall–Kier alpha value is -1.50. The molecule has 2 aromatic rings. The first kappa shape index (κ1) is 20.8. The van der Waals surface area contributed by atoms with Gasteiger partial charge in [0.25, 0.3) is 0 Å². The number of benzene rings is 1. The molecule has 6 nitrogen and oxygen atoms in total. The van der Waals surface area contributed by atoms with Crippen LogP contribution < -0.4 is 0 Å². The van der Waals surface area contributed by atoms with Crippen molar-refractivity contribution in [3.05, 3.63) is 40.7 Å². The molecule has 2 fully saturated rings. The lowest BCUT2D eigenvalue weighted by atomic mass is 9.99. The lowest BCUT2D eigenvalue weighted by Crippen LogP contribution is -2.39. The summed E-state index contributed by atoms with van der Waals surface area (Å²) in [6, 6.07) is 8.74. The summed E-state index contributed by atoms with van der Waals surface area (Å²) in [6.07, 6.45) is 7.42. The number of nitrogens with zero attached hydrogens (tertiary/aromatic N) is 5. The number of rotatable bonds is 8. The molecular weight excluding hydrogens is 386 g/mol. The van der Waals surface area contributed by atoms with E-state index in [2.05, 4.69) is 51.1 Å². The molecule has 0 N–H and O–H groups in total. The minimum atomic E-state index is 0.144. The fourth-order valence-corrected chi connectivity index (χ4v) is 4.96. The van der Waals surface area contributed by atoms with Crippen molar-refractivity contribution in [1.82, 2.24) is 25.1 Å². The third kappa shape index (κ3) is 4.98. The summed E-state index contributed by atoms with van der Waals surface area (Å²) in [7, 11) is 0. The third-order valence-corrected chi connectivity index (χ3v) is 6.49. The molecule has 1 aromatic heterocycles. The van der Waals surface area contributed by atoms with E-state index in [4.69, 9.17) is 16.3 Å². The molecule has 1 aromatic carbocycles. The van der Waals surface area contributed by atoms with Gasteiger partial charge in [-0.3, -0.25) is 4.90 Å². The monoisotopic (exact) mass is 417 g/mol. The molecule has 0 spiro atoms. The molecule has 0 bridgehead atoms. The smallest absolute Gasteiger partial charge is 0.168 e. The van der Waals surface area contributed by atoms with Gasteiger partial charge in [0.2, 0.25) is 0 Å². The van der Waals surface area contributed by atoms with Crippen LogP contribution in [-0.4, -0.2) is 44.4 Å². The zero-order valence-corrected chi connectivity index (χ0v) is 18.3. The summed E-state index contributed by atoms with van der Waals surface area (Å²) in [5.41, 5.74) is 1.25. The van der Waals surface area contributed by atoms with Crippen LogP contribution in [0, 0.1) is 5.92 Å². The molecule has 1 aliphatic heterocycles. The summed E-state index contributed by atoms with van der Waals surface area (Å²) in [4.78, 5) is 2.51. The Kier molecular flexibility index (Phi) is 6.83. The molecule has 4 rings (SSSR count). The molecule has 1 saturated carbocycles. The van der Waals surface area contributed by atoms with E-state index in [0.29, 0.717) is 12.0 Å². The normalized spacial score (nSPS) is 21.5. The van der Waals surface area contributed by atoms with E-state index in [1.807, 2.05) is 12.1 Å². The molecule has 1 saturated heterocycles. The van der Waals surface area contributed by atoms with Crippen molar-refractivity contribution in [2.24, 2.45) is 5.92 Å². The molecule has 7 heteroatoms. The first-order valence-corrected chi connectivity index (χ1v) is 11.4. The molecule has 158 valence electrons. The topological polar surface area (TPSA) is 56.1 Å². The highest BCUT2D eigenvalue weighted by atomic mass is 35.5. The Morgan fingerprint density at radius 1 is 1.14 bits per heavy atom. The van der Waals surface area contributed by atoms with Crippen molar-refractivity contribution >= 4 is 11.6 Å². The van der Waals surface area contributed by atoms with Gasteiger partial charge in [-0.2, -0.15) is 0 Å². The van der Waals surface area contributed by atoms with Gasteiger partial charge >= 0.3 is 0 Å². The predicted octanol–water partition coefficient (Wildman–Crippen LogP) is 4.82. The van der Waals surface area contributed by atoms with E-state index in [1.54, 1.807) is 0 Å². The molecule has 29 heavy (non-hydrogen) atoms. The van der Waals surface area contributed by atoms with Crippen molar-refractivity contribution < 1.29 is 4.74 Å². The summed E-state index contributed by atoms with van der Waals surface area (Å²) in [6.45, 7) is 7.12. The average Bonchev–Trinajstić information content (AvgIpc) is 3.45. The molecule has 2 atom stereocenters. The van der Waals surface area contributed by atoms with Crippen LogP contribution in [-0.2, 0) is 11.3 Å². The van der Waals surface area contributed by atoms with Crippen LogP contribution in [0.25, 0.3) is 0 Å². The predicted molar refractivity (Wildman–Crippen MR) is 114 cm³/mol. The highest BCUT2D eigenvalue weighted by Crippen LogP contribution is 2.35. The SMILES string of the molecule is CC(C)[C@@H](c1nnnn1C1CCCC1)N(Cc1ccc(Cl)cc1)C[C@@H]1CCCO1. The van der Waals surface area contributed by atoms with Gasteiger partial charge in [0, 0.05) is 24.7 Å².